The molecule has 0 radical (unpaired) electrons. The Hall–Kier alpha value is -1.69. The number of methoxy groups -OCH3 is 1. The maximum Gasteiger partial charge on any atom is 0.271 e. The van der Waals surface area contributed by atoms with Crippen molar-refractivity contribution >= 4 is 11.7 Å². The minimum Gasteiger partial charge on any atom is -0.381 e. The monoisotopic (exact) mass is 264 g/mol. The summed E-state index contributed by atoms with van der Waals surface area (Å²) < 4.78 is 5.37. The second-order valence-corrected chi connectivity index (χ2v) is 5.35. The molecule has 0 bridgehead atoms. The second kappa shape index (κ2) is 5.13. The Kier molecular flexibility index (Phi) is 3.71. The number of amides is 1. The van der Waals surface area contributed by atoms with Gasteiger partial charge < -0.3 is 15.4 Å². The fourth-order valence-electron chi connectivity index (χ4n) is 2.36. The smallest absolute Gasteiger partial charge is 0.271 e. The van der Waals surface area contributed by atoms with Crippen molar-refractivity contribution in [2.24, 2.45) is 5.41 Å². The number of nitrogens with one attached hydrogen (secondary N) is 2. The molecule has 1 aromatic rings. The molecule has 0 saturated heterocycles. The van der Waals surface area contributed by atoms with Gasteiger partial charge >= 0.3 is 0 Å². The van der Waals surface area contributed by atoms with Crippen molar-refractivity contribution < 1.29 is 9.53 Å². The van der Waals surface area contributed by atoms with Crippen LogP contribution in [-0.4, -0.2) is 42.2 Å². The molecule has 1 aromatic heterocycles. The number of aromatic nitrogens is 2. The predicted molar refractivity (Wildman–Crippen MR) is 72.0 cm³/mol. The summed E-state index contributed by atoms with van der Waals surface area (Å²) in [6.45, 7) is 4.18. The van der Waals surface area contributed by atoms with Crippen LogP contribution < -0.4 is 10.6 Å². The summed E-state index contributed by atoms with van der Waals surface area (Å²) in [5.41, 5.74) is 0.266. The highest BCUT2D eigenvalue weighted by atomic mass is 16.5. The van der Waals surface area contributed by atoms with Crippen LogP contribution in [-0.2, 0) is 4.74 Å². The standard InChI is InChI=1S/C13H20N4O2/c1-13(2)9(5-10(13)19-4)17-12(18)8-6-15-7-11(14-3)16-8/h6-7,9-10H,5H2,1-4H3,(H,14,16)(H,17,18). The number of nitrogens with zero attached hydrogens (tertiary/aromatic N) is 2. The van der Waals surface area contributed by atoms with Crippen molar-refractivity contribution in [3.05, 3.63) is 18.1 Å². The maximum absolute atomic E-state index is 12.1. The van der Waals surface area contributed by atoms with E-state index in [0.29, 0.717) is 11.5 Å². The molecule has 2 unspecified atom stereocenters. The summed E-state index contributed by atoms with van der Waals surface area (Å²) in [6, 6.07) is 0.102. The van der Waals surface area contributed by atoms with Crippen molar-refractivity contribution in [3.63, 3.8) is 0 Å². The molecule has 1 saturated carbocycles. The van der Waals surface area contributed by atoms with E-state index in [1.165, 1.54) is 6.20 Å². The first-order valence-corrected chi connectivity index (χ1v) is 6.32. The lowest BCUT2D eigenvalue weighted by molar-refractivity contribution is -0.0942. The zero-order valence-electron chi connectivity index (χ0n) is 11.7. The number of hydrogen-bond acceptors (Lipinski definition) is 5. The average Bonchev–Trinajstić information content (AvgIpc) is 2.42. The van der Waals surface area contributed by atoms with E-state index in [9.17, 15) is 4.79 Å². The Bertz CT molecular complexity index is 475. The molecule has 104 valence electrons. The van der Waals surface area contributed by atoms with E-state index < -0.39 is 0 Å². The molecular formula is C13H20N4O2. The topological polar surface area (TPSA) is 76.1 Å². The van der Waals surface area contributed by atoms with Crippen LogP contribution in [0, 0.1) is 5.41 Å². The molecule has 2 rings (SSSR count). The normalized spacial score (nSPS) is 24.4. The lowest BCUT2D eigenvalue weighted by Crippen LogP contribution is -2.61. The molecule has 19 heavy (non-hydrogen) atoms. The Morgan fingerprint density at radius 3 is 2.79 bits per heavy atom. The van der Waals surface area contributed by atoms with Gasteiger partial charge in [-0.25, -0.2) is 4.98 Å². The third-order valence-corrected chi connectivity index (χ3v) is 3.89. The minimum absolute atomic E-state index is 0.0571. The SMILES string of the molecule is CNc1cncc(C(=O)NC2CC(OC)C2(C)C)n1. The van der Waals surface area contributed by atoms with Crippen LogP contribution >= 0.6 is 0 Å². The fourth-order valence-corrected chi connectivity index (χ4v) is 2.36. The van der Waals surface area contributed by atoms with Gasteiger partial charge in [-0.15, -0.1) is 0 Å². The summed E-state index contributed by atoms with van der Waals surface area (Å²) in [5.74, 6) is 0.382. The fraction of sp³-hybridized carbons (Fsp3) is 0.615. The highest BCUT2D eigenvalue weighted by molar-refractivity contribution is 5.92. The van der Waals surface area contributed by atoms with Crippen LogP contribution in [0.1, 0.15) is 30.8 Å². The van der Waals surface area contributed by atoms with Gasteiger partial charge in [0.15, 0.2) is 0 Å². The van der Waals surface area contributed by atoms with E-state index in [4.69, 9.17) is 4.74 Å². The first-order chi connectivity index (χ1) is 8.98. The molecule has 6 nitrogen and oxygen atoms in total. The Morgan fingerprint density at radius 2 is 2.21 bits per heavy atom. The van der Waals surface area contributed by atoms with Gasteiger partial charge in [-0.05, 0) is 6.42 Å². The summed E-state index contributed by atoms with van der Waals surface area (Å²) >= 11 is 0. The molecule has 1 fully saturated rings. The van der Waals surface area contributed by atoms with Crippen LogP contribution in [0.4, 0.5) is 5.82 Å². The number of ether oxygens (including phenoxy) is 1. The van der Waals surface area contributed by atoms with Gasteiger partial charge in [-0.3, -0.25) is 9.78 Å². The third-order valence-electron chi connectivity index (χ3n) is 3.89. The minimum atomic E-state index is -0.197. The molecule has 0 aliphatic heterocycles. The zero-order valence-corrected chi connectivity index (χ0v) is 11.7. The third kappa shape index (κ3) is 2.53. The molecule has 1 aliphatic rings. The van der Waals surface area contributed by atoms with Crippen molar-refractivity contribution in [2.75, 3.05) is 19.5 Å². The maximum atomic E-state index is 12.1. The predicted octanol–water partition coefficient (Wildman–Crippen LogP) is 1.06. The largest absolute Gasteiger partial charge is 0.381 e. The van der Waals surface area contributed by atoms with E-state index in [-0.39, 0.29) is 23.5 Å². The zero-order chi connectivity index (χ0) is 14.0. The molecule has 2 atom stereocenters. The van der Waals surface area contributed by atoms with Crippen LogP contribution in [0.3, 0.4) is 0 Å². The van der Waals surface area contributed by atoms with Crippen molar-refractivity contribution in [1.82, 2.24) is 15.3 Å². The molecule has 0 spiro atoms. The van der Waals surface area contributed by atoms with Gasteiger partial charge in [0.1, 0.15) is 11.5 Å². The van der Waals surface area contributed by atoms with Crippen LogP contribution in [0.5, 0.6) is 0 Å². The van der Waals surface area contributed by atoms with E-state index >= 15 is 0 Å². The van der Waals surface area contributed by atoms with Gasteiger partial charge in [-0.2, -0.15) is 0 Å². The highest BCUT2D eigenvalue weighted by Gasteiger charge is 2.49. The lowest BCUT2D eigenvalue weighted by atomic mass is 9.64. The van der Waals surface area contributed by atoms with Crippen LogP contribution in [0.15, 0.2) is 12.4 Å². The van der Waals surface area contributed by atoms with Gasteiger partial charge in [0.25, 0.3) is 5.91 Å². The van der Waals surface area contributed by atoms with E-state index in [1.54, 1.807) is 20.4 Å². The molecular weight excluding hydrogens is 244 g/mol. The first kappa shape index (κ1) is 13.7. The summed E-state index contributed by atoms with van der Waals surface area (Å²) in [7, 11) is 3.44. The number of carbonyl (C=O) groups excluding carboxylic acids is 1. The second-order valence-electron chi connectivity index (χ2n) is 5.35. The Labute approximate surface area is 113 Å². The molecule has 1 amide bonds. The quantitative estimate of drug-likeness (QED) is 0.850. The van der Waals surface area contributed by atoms with E-state index in [0.717, 1.165) is 6.42 Å². The summed E-state index contributed by atoms with van der Waals surface area (Å²) in [5, 5.41) is 5.85. The molecule has 1 aliphatic carbocycles. The van der Waals surface area contributed by atoms with E-state index in [2.05, 4.69) is 34.4 Å². The lowest BCUT2D eigenvalue weighted by Gasteiger charge is -2.51. The number of anilines is 1. The van der Waals surface area contributed by atoms with Gasteiger partial charge in [0, 0.05) is 25.6 Å². The van der Waals surface area contributed by atoms with Crippen LogP contribution in [0.2, 0.25) is 0 Å². The van der Waals surface area contributed by atoms with Crippen LogP contribution in [0.25, 0.3) is 0 Å². The molecule has 0 aromatic carbocycles. The Morgan fingerprint density at radius 1 is 1.47 bits per heavy atom. The molecule has 1 heterocycles. The van der Waals surface area contributed by atoms with Crippen molar-refractivity contribution in [1.29, 1.82) is 0 Å². The van der Waals surface area contributed by atoms with E-state index in [1.807, 2.05) is 0 Å². The molecule has 2 N–H and O–H groups in total. The number of hydrogen-bond donors (Lipinski definition) is 2. The van der Waals surface area contributed by atoms with Gasteiger partial charge in [0.2, 0.25) is 0 Å². The highest BCUT2D eigenvalue weighted by Crippen LogP contribution is 2.42. The average molecular weight is 264 g/mol. The number of carbonyl (C=O) groups is 1. The van der Waals surface area contributed by atoms with Gasteiger partial charge in [-0.1, -0.05) is 13.8 Å². The molecule has 6 heteroatoms. The van der Waals surface area contributed by atoms with Crippen molar-refractivity contribution in [2.45, 2.75) is 32.4 Å². The number of rotatable bonds is 4. The first-order valence-electron chi connectivity index (χ1n) is 6.32. The summed E-state index contributed by atoms with van der Waals surface area (Å²) in [6.07, 6.45) is 4.06. The summed E-state index contributed by atoms with van der Waals surface area (Å²) in [4.78, 5) is 20.3. The Balaban J connectivity index is 2.02. The van der Waals surface area contributed by atoms with Crippen molar-refractivity contribution in [3.8, 4) is 0 Å². The van der Waals surface area contributed by atoms with Gasteiger partial charge in [0.05, 0.1) is 18.5 Å².